The van der Waals surface area contributed by atoms with Crippen LogP contribution in [0.2, 0.25) is 0 Å². The summed E-state index contributed by atoms with van der Waals surface area (Å²) in [5.74, 6) is 0. The molecule has 1 heterocycles. The number of nitrogens with two attached hydrogens (primary N) is 1. The number of thiazole rings is 1. The molecule has 0 fully saturated rings. The zero-order chi connectivity index (χ0) is 10.7. The van der Waals surface area contributed by atoms with Crippen molar-refractivity contribution in [1.82, 2.24) is 4.98 Å². The Morgan fingerprint density at radius 1 is 1.38 bits per heavy atom. The maximum absolute atomic E-state index is 5.13. The maximum Gasteiger partial charge on any atom is 1.00 e. The summed E-state index contributed by atoms with van der Waals surface area (Å²) in [6.45, 7) is 0. The average molecular weight is 259 g/mol. The number of hydrogen-bond donors (Lipinski definition) is 1. The van der Waals surface area contributed by atoms with Gasteiger partial charge < -0.3 is 18.4 Å². The molecule has 0 atom stereocenters. The molecule has 0 aliphatic carbocycles. The molecule has 0 aliphatic rings. The number of rotatable bonds is 2. The fourth-order valence-electron chi connectivity index (χ4n) is 1.01. The van der Waals surface area contributed by atoms with E-state index in [0.717, 1.165) is 10.2 Å². The standard InChI is InChI=1S/C8H7N5S2.Na/c9-7(14)11-13-12-8-10-5-3-1-2-4-6(5)15-8;/h1-4H,(H3,9,10,11,12,14);/q;+1/p-1. The summed E-state index contributed by atoms with van der Waals surface area (Å²) in [6.07, 6.45) is 0. The quantitative estimate of drug-likeness (QED) is 0.191. The topological polar surface area (TPSA) is 76.0 Å². The predicted octanol–water partition coefficient (Wildman–Crippen LogP) is -0.839. The van der Waals surface area contributed by atoms with Crippen LogP contribution in [0.3, 0.4) is 0 Å². The Bertz CT molecular complexity index is 499. The van der Waals surface area contributed by atoms with Crippen LogP contribution in [0.1, 0.15) is 0 Å². The van der Waals surface area contributed by atoms with E-state index in [4.69, 9.17) is 5.73 Å². The molecule has 0 saturated carbocycles. The first-order chi connectivity index (χ1) is 7.25. The molecule has 1 aromatic carbocycles. The van der Waals surface area contributed by atoms with Gasteiger partial charge in [0.1, 0.15) is 0 Å². The van der Waals surface area contributed by atoms with Crippen LogP contribution >= 0.6 is 11.3 Å². The van der Waals surface area contributed by atoms with E-state index in [2.05, 4.69) is 33.1 Å². The van der Waals surface area contributed by atoms with E-state index in [1.165, 1.54) is 11.3 Å². The zero-order valence-corrected chi connectivity index (χ0v) is 12.1. The summed E-state index contributed by atoms with van der Waals surface area (Å²) in [5.41, 5.74) is 6.02. The Morgan fingerprint density at radius 2 is 2.12 bits per heavy atom. The molecule has 0 unspecified atom stereocenters. The number of nitrogens with zero attached hydrogens (tertiary/aromatic N) is 4. The van der Waals surface area contributed by atoms with Crippen LogP contribution in [0.4, 0.5) is 5.13 Å². The molecule has 0 spiro atoms. The van der Waals surface area contributed by atoms with Crippen molar-refractivity contribution in [3.05, 3.63) is 24.3 Å². The van der Waals surface area contributed by atoms with Crippen LogP contribution in [0.25, 0.3) is 10.2 Å². The molecular formula is C8H6N5NaS2. The minimum absolute atomic E-state index is 0. The van der Waals surface area contributed by atoms with Crippen molar-refractivity contribution < 1.29 is 29.6 Å². The van der Waals surface area contributed by atoms with Gasteiger partial charge in [0, 0.05) is 0 Å². The normalized spacial score (nSPS) is 11.9. The molecule has 76 valence electrons. The van der Waals surface area contributed by atoms with E-state index in [1.54, 1.807) is 0 Å². The Balaban J connectivity index is 0.00000128. The SMILES string of the molecule is N/C([S-])=N\N=N\c1nc2ccccc2s1.[Na+]. The van der Waals surface area contributed by atoms with Gasteiger partial charge in [0.25, 0.3) is 0 Å². The summed E-state index contributed by atoms with van der Waals surface area (Å²) in [4.78, 5) is 4.22. The summed E-state index contributed by atoms with van der Waals surface area (Å²) < 4.78 is 1.06. The molecule has 1 aromatic heterocycles. The number of benzene rings is 1. The van der Waals surface area contributed by atoms with Gasteiger partial charge in [-0.05, 0) is 22.5 Å². The fourth-order valence-corrected chi connectivity index (χ4v) is 1.83. The van der Waals surface area contributed by atoms with E-state index in [0.29, 0.717) is 5.13 Å². The molecule has 5 nitrogen and oxygen atoms in total. The van der Waals surface area contributed by atoms with Crippen LogP contribution in [0.15, 0.2) is 39.7 Å². The number of aromatic nitrogens is 1. The van der Waals surface area contributed by atoms with Gasteiger partial charge in [0.2, 0.25) is 5.13 Å². The maximum atomic E-state index is 5.13. The molecular weight excluding hydrogens is 253 g/mol. The van der Waals surface area contributed by atoms with E-state index < -0.39 is 0 Å². The molecule has 0 amide bonds. The van der Waals surface area contributed by atoms with Gasteiger partial charge in [-0.2, -0.15) is 0 Å². The third-order valence-electron chi connectivity index (χ3n) is 1.56. The predicted molar refractivity (Wildman–Crippen MR) is 63.1 cm³/mol. The van der Waals surface area contributed by atoms with Crippen LogP contribution in [-0.2, 0) is 12.6 Å². The second-order valence-corrected chi connectivity index (χ2v) is 4.02. The Morgan fingerprint density at radius 3 is 2.81 bits per heavy atom. The van der Waals surface area contributed by atoms with Gasteiger partial charge in [-0.25, -0.2) is 4.98 Å². The van der Waals surface area contributed by atoms with Gasteiger partial charge in [-0.15, -0.1) is 5.10 Å². The second-order valence-electron chi connectivity index (χ2n) is 2.59. The van der Waals surface area contributed by atoms with Crippen LogP contribution in [-0.4, -0.2) is 10.2 Å². The molecule has 2 rings (SSSR count). The Hall–Kier alpha value is -0.600. The van der Waals surface area contributed by atoms with Crippen molar-refractivity contribution in [2.24, 2.45) is 21.2 Å². The third-order valence-corrected chi connectivity index (χ3v) is 2.56. The number of fused-ring (bicyclic) bond motifs is 1. The van der Waals surface area contributed by atoms with E-state index in [1.807, 2.05) is 24.3 Å². The molecule has 0 bridgehead atoms. The first-order valence-corrected chi connectivity index (χ1v) is 5.25. The van der Waals surface area contributed by atoms with Crippen molar-refractivity contribution in [3.63, 3.8) is 0 Å². The second kappa shape index (κ2) is 6.21. The average Bonchev–Trinajstić information content (AvgIpc) is 2.59. The smallest absolute Gasteiger partial charge is 0.741 e. The van der Waals surface area contributed by atoms with Gasteiger partial charge in [0.15, 0.2) is 0 Å². The monoisotopic (exact) mass is 259 g/mol. The number of hydrogen-bond acceptors (Lipinski definition) is 5. The molecule has 0 aliphatic heterocycles. The van der Waals surface area contributed by atoms with Gasteiger partial charge in [-0.1, -0.05) is 28.6 Å². The minimum Gasteiger partial charge on any atom is -0.741 e. The summed E-state index contributed by atoms with van der Waals surface area (Å²) in [6, 6.07) is 7.75. The zero-order valence-electron chi connectivity index (χ0n) is 8.49. The van der Waals surface area contributed by atoms with Crippen LogP contribution in [0.5, 0.6) is 0 Å². The summed E-state index contributed by atoms with van der Waals surface area (Å²) >= 11 is 5.95. The van der Waals surface area contributed by atoms with Gasteiger partial charge in [0.05, 0.1) is 10.2 Å². The largest absolute Gasteiger partial charge is 1.00 e. The fraction of sp³-hybridized carbons (Fsp3) is 0. The van der Waals surface area contributed by atoms with E-state index >= 15 is 0 Å². The molecule has 0 radical (unpaired) electrons. The number of amidine groups is 1. The van der Waals surface area contributed by atoms with Crippen molar-refractivity contribution in [2.75, 3.05) is 0 Å². The minimum atomic E-state index is -0.0418. The van der Waals surface area contributed by atoms with E-state index in [-0.39, 0.29) is 34.7 Å². The van der Waals surface area contributed by atoms with Gasteiger partial charge >= 0.3 is 29.6 Å². The van der Waals surface area contributed by atoms with Crippen LogP contribution in [0, 0.1) is 0 Å². The van der Waals surface area contributed by atoms with Crippen molar-refractivity contribution >= 4 is 44.5 Å². The van der Waals surface area contributed by atoms with Gasteiger partial charge in [-0.3, -0.25) is 0 Å². The summed E-state index contributed by atoms with van der Waals surface area (Å²) in [5, 5.41) is 11.2. The number of para-hydroxylation sites is 1. The third kappa shape index (κ3) is 3.46. The van der Waals surface area contributed by atoms with Crippen molar-refractivity contribution in [1.29, 1.82) is 0 Å². The van der Waals surface area contributed by atoms with Crippen molar-refractivity contribution in [3.8, 4) is 0 Å². The van der Waals surface area contributed by atoms with E-state index in [9.17, 15) is 0 Å². The molecule has 16 heavy (non-hydrogen) atoms. The molecule has 0 saturated heterocycles. The summed E-state index contributed by atoms with van der Waals surface area (Å²) in [7, 11) is 0. The molecule has 2 aromatic rings. The molecule has 8 heteroatoms. The van der Waals surface area contributed by atoms with Crippen molar-refractivity contribution in [2.45, 2.75) is 0 Å². The Kier molecular flexibility index (Phi) is 5.23. The Labute approximate surface area is 124 Å². The molecule has 2 N–H and O–H groups in total. The first kappa shape index (κ1) is 13.5. The van der Waals surface area contributed by atoms with Crippen LogP contribution < -0.4 is 35.3 Å². The first-order valence-electron chi connectivity index (χ1n) is 4.02.